The van der Waals surface area contributed by atoms with Crippen molar-refractivity contribution >= 4 is 5.91 Å². The Bertz CT molecular complexity index is 490. The lowest BCUT2D eigenvalue weighted by molar-refractivity contribution is -0.274. The third-order valence-electron chi connectivity index (χ3n) is 2.98. The Morgan fingerprint density at radius 2 is 2.09 bits per heavy atom. The zero-order valence-electron chi connectivity index (χ0n) is 12.4. The summed E-state index contributed by atoms with van der Waals surface area (Å²) in [6.07, 6.45) is -5.01. The molecule has 0 radical (unpaired) electrons. The number of nitrogens with two attached hydrogens (primary N) is 1. The minimum absolute atomic E-state index is 0.113. The lowest BCUT2D eigenvalue weighted by atomic mass is 10.2. The average Bonchev–Trinajstić information content (AvgIpc) is 2.42. The third kappa shape index (κ3) is 6.31. The number of nitrogens with zero attached hydrogens (tertiary/aromatic N) is 1. The Morgan fingerprint density at radius 3 is 2.64 bits per heavy atom. The van der Waals surface area contributed by atoms with E-state index in [1.807, 2.05) is 0 Å². The van der Waals surface area contributed by atoms with Crippen molar-refractivity contribution in [3.63, 3.8) is 0 Å². The molecule has 0 aromatic heterocycles. The quantitative estimate of drug-likeness (QED) is 0.833. The van der Waals surface area contributed by atoms with Crippen LogP contribution in [0.1, 0.15) is 12.0 Å². The fourth-order valence-electron chi connectivity index (χ4n) is 1.82. The Balaban J connectivity index is 2.66. The number of hydrogen-bond donors (Lipinski definition) is 1. The molecule has 1 unspecified atom stereocenters. The van der Waals surface area contributed by atoms with E-state index < -0.39 is 6.36 Å². The van der Waals surface area contributed by atoms with Gasteiger partial charge in [0.1, 0.15) is 5.75 Å². The van der Waals surface area contributed by atoms with Gasteiger partial charge in [0, 0.05) is 27.2 Å². The fourth-order valence-corrected chi connectivity index (χ4v) is 1.82. The van der Waals surface area contributed by atoms with Gasteiger partial charge in [-0.25, -0.2) is 0 Å². The molecule has 0 saturated carbocycles. The van der Waals surface area contributed by atoms with E-state index in [-0.39, 0.29) is 37.3 Å². The second-order valence-corrected chi connectivity index (χ2v) is 4.74. The number of alkyl halides is 3. The van der Waals surface area contributed by atoms with E-state index in [1.54, 1.807) is 13.1 Å². The number of rotatable bonds is 7. The molecule has 1 aromatic carbocycles. The van der Waals surface area contributed by atoms with Gasteiger partial charge < -0.3 is 20.1 Å². The van der Waals surface area contributed by atoms with Crippen LogP contribution in [0, 0.1) is 0 Å². The monoisotopic (exact) mass is 320 g/mol. The van der Waals surface area contributed by atoms with E-state index in [0.29, 0.717) is 5.56 Å². The van der Waals surface area contributed by atoms with Crippen LogP contribution in [-0.2, 0) is 16.1 Å². The summed E-state index contributed by atoms with van der Waals surface area (Å²) in [5.41, 5.74) is 5.97. The first-order valence-electron chi connectivity index (χ1n) is 6.56. The van der Waals surface area contributed by atoms with Crippen molar-refractivity contribution in [3.05, 3.63) is 29.8 Å². The number of ether oxygens (including phenoxy) is 2. The number of halogens is 3. The van der Waals surface area contributed by atoms with Crippen molar-refractivity contribution in [2.24, 2.45) is 5.73 Å². The lowest BCUT2D eigenvalue weighted by Gasteiger charge is -2.20. The average molecular weight is 320 g/mol. The van der Waals surface area contributed by atoms with Gasteiger partial charge in [-0.1, -0.05) is 12.1 Å². The SMILES string of the molecule is COC(CN)CC(=O)N(C)Cc1cccc(OC(F)(F)F)c1. The van der Waals surface area contributed by atoms with E-state index in [4.69, 9.17) is 10.5 Å². The van der Waals surface area contributed by atoms with Crippen molar-refractivity contribution in [2.75, 3.05) is 20.7 Å². The van der Waals surface area contributed by atoms with Crippen LogP contribution in [0.3, 0.4) is 0 Å². The maximum Gasteiger partial charge on any atom is 0.573 e. The van der Waals surface area contributed by atoms with Crippen molar-refractivity contribution in [2.45, 2.75) is 25.4 Å². The predicted octanol–water partition coefficient (Wildman–Crippen LogP) is 1.91. The topological polar surface area (TPSA) is 64.8 Å². The smallest absolute Gasteiger partial charge is 0.406 e. The first kappa shape index (κ1) is 18.2. The van der Waals surface area contributed by atoms with E-state index in [1.165, 1.54) is 30.2 Å². The Hall–Kier alpha value is -1.80. The number of carbonyl (C=O) groups is 1. The van der Waals surface area contributed by atoms with Crippen LogP contribution in [0.15, 0.2) is 24.3 Å². The molecule has 8 heteroatoms. The van der Waals surface area contributed by atoms with Crippen molar-refractivity contribution in [3.8, 4) is 5.75 Å². The summed E-state index contributed by atoms with van der Waals surface area (Å²) in [6, 6.07) is 5.50. The van der Waals surface area contributed by atoms with Crippen LogP contribution < -0.4 is 10.5 Å². The van der Waals surface area contributed by atoms with Gasteiger partial charge in [0.25, 0.3) is 0 Å². The molecule has 0 saturated heterocycles. The van der Waals surface area contributed by atoms with Gasteiger partial charge in [-0.3, -0.25) is 4.79 Å². The molecule has 0 aliphatic rings. The van der Waals surface area contributed by atoms with Crippen molar-refractivity contribution in [1.82, 2.24) is 4.90 Å². The zero-order valence-corrected chi connectivity index (χ0v) is 12.4. The molecule has 0 fully saturated rings. The van der Waals surface area contributed by atoms with E-state index in [2.05, 4.69) is 4.74 Å². The predicted molar refractivity (Wildman–Crippen MR) is 74.1 cm³/mol. The second-order valence-electron chi connectivity index (χ2n) is 4.74. The van der Waals surface area contributed by atoms with Crippen LogP contribution in [-0.4, -0.2) is 44.0 Å². The van der Waals surface area contributed by atoms with Gasteiger partial charge in [0.15, 0.2) is 0 Å². The van der Waals surface area contributed by atoms with E-state index in [0.717, 1.165) is 0 Å². The number of amides is 1. The summed E-state index contributed by atoms with van der Waals surface area (Å²) in [4.78, 5) is 13.4. The molecule has 1 atom stereocenters. The Labute approximate surface area is 126 Å². The highest BCUT2D eigenvalue weighted by atomic mass is 19.4. The normalized spacial score (nSPS) is 12.8. The first-order chi connectivity index (χ1) is 10.2. The molecular weight excluding hydrogens is 301 g/mol. The molecule has 1 amide bonds. The maximum absolute atomic E-state index is 12.2. The van der Waals surface area contributed by atoms with Crippen LogP contribution in [0.25, 0.3) is 0 Å². The summed E-state index contributed by atoms with van der Waals surface area (Å²) < 4.78 is 45.4. The van der Waals surface area contributed by atoms with Gasteiger partial charge in [-0.2, -0.15) is 0 Å². The molecule has 0 bridgehead atoms. The molecule has 0 heterocycles. The van der Waals surface area contributed by atoms with Gasteiger partial charge in [0.2, 0.25) is 5.91 Å². The zero-order chi connectivity index (χ0) is 16.8. The fraction of sp³-hybridized carbons (Fsp3) is 0.500. The summed E-state index contributed by atoms with van der Waals surface area (Å²) in [5.74, 6) is -0.526. The molecule has 124 valence electrons. The van der Waals surface area contributed by atoms with Crippen molar-refractivity contribution < 1.29 is 27.4 Å². The second kappa shape index (κ2) is 8.00. The lowest BCUT2D eigenvalue weighted by Crippen LogP contribution is -2.33. The standard InChI is InChI=1S/C14H19F3N2O3/c1-19(13(20)7-12(8-18)21-2)9-10-4-3-5-11(6-10)22-14(15,16)17/h3-6,12H,7-9,18H2,1-2H3. The van der Waals surface area contributed by atoms with E-state index >= 15 is 0 Å². The highest BCUT2D eigenvalue weighted by Gasteiger charge is 2.31. The van der Waals surface area contributed by atoms with Crippen LogP contribution in [0.4, 0.5) is 13.2 Å². The van der Waals surface area contributed by atoms with Crippen LogP contribution >= 0.6 is 0 Å². The maximum atomic E-state index is 12.2. The molecule has 0 aliphatic carbocycles. The molecule has 22 heavy (non-hydrogen) atoms. The molecule has 1 aromatic rings. The minimum atomic E-state index is -4.74. The van der Waals surface area contributed by atoms with Crippen molar-refractivity contribution in [1.29, 1.82) is 0 Å². The molecular formula is C14H19F3N2O3. The Kier molecular flexibility index (Phi) is 6.63. The number of benzene rings is 1. The molecule has 0 spiro atoms. The highest BCUT2D eigenvalue weighted by molar-refractivity contribution is 5.76. The summed E-state index contributed by atoms with van der Waals surface area (Å²) in [6.45, 7) is 0.375. The molecule has 0 aliphatic heterocycles. The third-order valence-corrected chi connectivity index (χ3v) is 2.98. The summed E-state index contributed by atoms with van der Waals surface area (Å²) in [5, 5.41) is 0. The number of hydrogen-bond acceptors (Lipinski definition) is 4. The molecule has 5 nitrogen and oxygen atoms in total. The Morgan fingerprint density at radius 1 is 1.41 bits per heavy atom. The largest absolute Gasteiger partial charge is 0.573 e. The van der Waals surface area contributed by atoms with Crippen LogP contribution in [0.5, 0.6) is 5.75 Å². The molecule has 1 rings (SSSR count). The number of carbonyl (C=O) groups excluding carboxylic acids is 1. The van der Waals surface area contributed by atoms with Gasteiger partial charge in [0.05, 0.1) is 12.5 Å². The highest BCUT2D eigenvalue weighted by Crippen LogP contribution is 2.23. The summed E-state index contributed by atoms with van der Waals surface area (Å²) in [7, 11) is 3.02. The molecule has 2 N–H and O–H groups in total. The minimum Gasteiger partial charge on any atom is -0.406 e. The first-order valence-corrected chi connectivity index (χ1v) is 6.56. The van der Waals surface area contributed by atoms with Crippen LogP contribution in [0.2, 0.25) is 0 Å². The van der Waals surface area contributed by atoms with Gasteiger partial charge in [-0.05, 0) is 17.7 Å². The number of methoxy groups -OCH3 is 1. The van der Waals surface area contributed by atoms with E-state index in [9.17, 15) is 18.0 Å². The summed E-state index contributed by atoms with van der Waals surface area (Å²) >= 11 is 0. The van der Waals surface area contributed by atoms with Gasteiger partial charge in [-0.15, -0.1) is 13.2 Å². The van der Waals surface area contributed by atoms with Gasteiger partial charge >= 0.3 is 6.36 Å².